The van der Waals surface area contributed by atoms with E-state index in [1.165, 1.54) is 0 Å². The number of amides is 1. The van der Waals surface area contributed by atoms with Gasteiger partial charge in [0, 0.05) is 30.1 Å². The van der Waals surface area contributed by atoms with Crippen molar-refractivity contribution in [3.8, 4) is 5.75 Å². The maximum atomic E-state index is 12.7. The lowest BCUT2D eigenvalue weighted by Gasteiger charge is -2.31. The number of piperidine rings is 1. The van der Waals surface area contributed by atoms with Gasteiger partial charge in [-0.05, 0) is 31.0 Å². The van der Waals surface area contributed by atoms with Crippen molar-refractivity contribution in [1.29, 1.82) is 0 Å². The van der Waals surface area contributed by atoms with Gasteiger partial charge < -0.3 is 14.6 Å². The molecule has 0 bridgehead atoms. The van der Waals surface area contributed by atoms with E-state index in [9.17, 15) is 4.79 Å². The van der Waals surface area contributed by atoms with Crippen LogP contribution in [0.3, 0.4) is 0 Å². The molecule has 124 valence electrons. The third kappa shape index (κ3) is 2.62. The largest absolute Gasteiger partial charge is 0.497 e. The lowest BCUT2D eigenvalue weighted by molar-refractivity contribution is 0.0679. The summed E-state index contributed by atoms with van der Waals surface area (Å²) < 4.78 is 5.23. The van der Waals surface area contributed by atoms with Crippen LogP contribution in [0, 0.1) is 0 Å². The van der Waals surface area contributed by atoms with Crippen molar-refractivity contribution in [2.24, 2.45) is 0 Å². The molecule has 3 aromatic rings. The first kappa shape index (κ1) is 14.7. The first-order valence-electron chi connectivity index (χ1n) is 8.06. The number of aromatic nitrogens is 4. The van der Waals surface area contributed by atoms with Crippen molar-refractivity contribution in [3.63, 3.8) is 0 Å². The number of hydrogen-bond acceptors (Lipinski definition) is 4. The van der Waals surface area contributed by atoms with Crippen molar-refractivity contribution >= 4 is 16.8 Å². The first-order chi connectivity index (χ1) is 11.7. The molecule has 7 nitrogen and oxygen atoms in total. The van der Waals surface area contributed by atoms with Crippen molar-refractivity contribution in [3.05, 3.63) is 42.4 Å². The average Bonchev–Trinajstić information content (AvgIpc) is 3.30. The molecule has 0 aliphatic carbocycles. The summed E-state index contributed by atoms with van der Waals surface area (Å²) in [6.45, 7) is 1.42. The minimum Gasteiger partial charge on any atom is -0.497 e. The van der Waals surface area contributed by atoms with Gasteiger partial charge in [-0.25, -0.2) is 0 Å². The highest BCUT2D eigenvalue weighted by atomic mass is 16.5. The molecule has 1 amide bonds. The Balaban J connectivity index is 1.48. The maximum Gasteiger partial charge on any atom is 0.270 e. The zero-order valence-corrected chi connectivity index (χ0v) is 13.5. The van der Waals surface area contributed by atoms with E-state index in [1.807, 2.05) is 29.2 Å². The summed E-state index contributed by atoms with van der Waals surface area (Å²) in [5, 5.41) is 9.40. The minimum absolute atomic E-state index is 0.0389. The number of likely N-dealkylation sites (tertiary alicyclic amines) is 1. The van der Waals surface area contributed by atoms with Crippen LogP contribution in [-0.2, 0) is 0 Å². The molecule has 3 heterocycles. The average molecular weight is 325 g/mol. The van der Waals surface area contributed by atoms with Crippen LogP contribution in [-0.4, -0.2) is 51.0 Å². The lowest BCUT2D eigenvalue weighted by Crippen LogP contribution is -2.39. The topological polar surface area (TPSA) is 76.0 Å². The number of carbonyl (C=O) groups excluding carboxylic acids is 1. The Morgan fingerprint density at radius 1 is 1.21 bits per heavy atom. The van der Waals surface area contributed by atoms with Crippen molar-refractivity contribution < 1.29 is 9.53 Å². The van der Waals surface area contributed by atoms with Crippen molar-refractivity contribution in [2.75, 3.05) is 20.2 Å². The number of nitrogens with zero attached hydrogens (tertiary/aromatic N) is 4. The summed E-state index contributed by atoms with van der Waals surface area (Å²) in [6, 6.07) is 7.93. The normalized spacial score (nSPS) is 15.8. The van der Waals surface area contributed by atoms with E-state index in [-0.39, 0.29) is 11.9 Å². The number of hydrogen-bond donors (Lipinski definition) is 1. The highest BCUT2D eigenvalue weighted by Gasteiger charge is 2.26. The fraction of sp³-hybridized carbons (Fsp3) is 0.353. The minimum atomic E-state index is 0.0389. The Morgan fingerprint density at radius 3 is 2.67 bits per heavy atom. The van der Waals surface area contributed by atoms with Gasteiger partial charge in [-0.1, -0.05) is 0 Å². The molecule has 2 aromatic heterocycles. The predicted octanol–water partition coefficient (Wildman–Crippen LogP) is 2.25. The molecule has 7 heteroatoms. The number of nitrogens with one attached hydrogen (secondary N) is 1. The second-order valence-corrected chi connectivity index (χ2v) is 6.01. The van der Waals surface area contributed by atoms with Crippen LogP contribution < -0.4 is 4.74 Å². The molecule has 0 saturated carbocycles. The molecular formula is C17H19N5O2. The lowest BCUT2D eigenvalue weighted by atomic mass is 10.1. The molecule has 0 spiro atoms. The zero-order valence-electron chi connectivity index (χ0n) is 13.5. The fourth-order valence-corrected chi connectivity index (χ4v) is 3.23. The maximum absolute atomic E-state index is 12.7. The van der Waals surface area contributed by atoms with Crippen LogP contribution >= 0.6 is 0 Å². The molecule has 1 fully saturated rings. The summed E-state index contributed by atoms with van der Waals surface area (Å²) in [5.41, 5.74) is 1.53. The number of fused-ring (bicyclic) bond motifs is 1. The standard InChI is InChI=1S/C17H19N5O2/c1-24-14-3-2-12-10-16(20-15(12)11-14)17(23)21-8-4-13(5-9-21)22-18-6-7-19-22/h2-3,6-7,10-11,13,20H,4-5,8-9H2,1H3. The highest BCUT2D eigenvalue weighted by molar-refractivity contribution is 5.98. The quantitative estimate of drug-likeness (QED) is 0.801. The van der Waals surface area contributed by atoms with E-state index in [4.69, 9.17) is 4.74 Å². The Kier molecular flexibility index (Phi) is 3.68. The van der Waals surface area contributed by atoms with Gasteiger partial charge in [0.1, 0.15) is 11.4 Å². The molecule has 1 saturated heterocycles. The first-order valence-corrected chi connectivity index (χ1v) is 8.06. The van der Waals surface area contributed by atoms with Gasteiger partial charge in [0.05, 0.1) is 25.5 Å². The van der Waals surface area contributed by atoms with Crippen LogP contribution in [0.15, 0.2) is 36.7 Å². The Hall–Kier alpha value is -2.83. The monoisotopic (exact) mass is 325 g/mol. The number of benzene rings is 1. The van der Waals surface area contributed by atoms with Crippen LogP contribution in [0.5, 0.6) is 5.75 Å². The van der Waals surface area contributed by atoms with Crippen molar-refractivity contribution in [2.45, 2.75) is 18.9 Å². The number of rotatable bonds is 3. The van der Waals surface area contributed by atoms with Crippen LogP contribution in [0.25, 0.3) is 10.9 Å². The summed E-state index contributed by atoms with van der Waals surface area (Å²) in [5.74, 6) is 0.813. The molecule has 0 radical (unpaired) electrons. The summed E-state index contributed by atoms with van der Waals surface area (Å²) in [6.07, 6.45) is 5.12. The van der Waals surface area contributed by atoms with Gasteiger partial charge >= 0.3 is 0 Å². The Labute approximate surface area is 139 Å². The predicted molar refractivity (Wildman–Crippen MR) is 89.0 cm³/mol. The molecule has 0 atom stereocenters. The van der Waals surface area contributed by atoms with Crippen LogP contribution in [0.1, 0.15) is 29.4 Å². The number of aromatic amines is 1. The Morgan fingerprint density at radius 2 is 1.96 bits per heavy atom. The zero-order chi connectivity index (χ0) is 16.5. The van der Waals surface area contributed by atoms with E-state index in [0.29, 0.717) is 18.8 Å². The SMILES string of the molecule is COc1ccc2cc(C(=O)N3CCC(n4nccn4)CC3)[nH]c2c1. The third-order valence-electron chi connectivity index (χ3n) is 4.57. The molecule has 1 aromatic carbocycles. The van der Waals surface area contributed by atoms with Gasteiger partial charge in [-0.2, -0.15) is 15.0 Å². The molecular weight excluding hydrogens is 306 g/mol. The molecule has 0 unspecified atom stereocenters. The fourth-order valence-electron chi connectivity index (χ4n) is 3.23. The number of carbonyl (C=O) groups is 1. The summed E-state index contributed by atoms with van der Waals surface area (Å²) in [4.78, 5) is 19.6. The molecule has 4 rings (SSSR count). The van der Waals surface area contributed by atoms with Gasteiger partial charge in [-0.15, -0.1) is 0 Å². The van der Waals surface area contributed by atoms with Gasteiger partial charge in [-0.3, -0.25) is 4.79 Å². The summed E-state index contributed by atoms with van der Waals surface area (Å²) in [7, 11) is 1.63. The van der Waals surface area contributed by atoms with Crippen molar-refractivity contribution in [1.82, 2.24) is 24.9 Å². The molecule has 1 N–H and O–H groups in total. The summed E-state index contributed by atoms with van der Waals surface area (Å²) >= 11 is 0. The number of methoxy groups -OCH3 is 1. The van der Waals surface area contributed by atoms with E-state index in [0.717, 1.165) is 29.5 Å². The van der Waals surface area contributed by atoms with E-state index in [1.54, 1.807) is 24.3 Å². The number of ether oxygens (including phenoxy) is 1. The van der Waals surface area contributed by atoms with Crippen LogP contribution in [0.4, 0.5) is 0 Å². The van der Waals surface area contributed by atoms with Crippen LogP contribution in [0.2, 0.25) is 0 Å². The second-order valence-electron chi connectivity index (χ2n) is 6.01. The second kappa shape index (κ2) is 5.99. The highest BCUT2D eigenvalue weighted by Crippen LogP contribution is 2.24. The molecule has 24 heavy (non-hydrogen) atoms. The Bertz CT molecular complexity index is 847. The molecule has 1 aliphatic heterocycles. The van der Waals surface area contributed by atoms with Gasteiger partial charge in [0.15, 0.2) is 0 Å². The number of H-pyrrole nitrogens is 1. The van der Waals surface area contributed by atoms with Gasteiger partial charge in [0.2, 0.25) is 0 Å². The van der Waals surface area contributed by atoms with E-state index >= 15 is 0 Å². The molecule has 1 aliphatic rings. The smallest absolute Gasteiger partial charge is 0.270 e. The third-order valence-corrected chi connectivity index (χ3v) is 4.57. The van der Waals surface area contributed by atoms with Gasteiger partial charge in [0.25, 0.3) is 5.91 Å². The van der Waals surface area contributed by atoms with E-state index in [2.05, 4.69) is 15.2 Å². The van der Waals surface area contributed by atoms with E-state index < -0.39 is 0 Å².